The molecule has 0 bridgehead atoms. The minimum Gasteiger partial charge on any atom is -0.486 e. The van der Waals surface area contributed by atoms with E-state index in [-0.39, 0.29) is 12.1 Å². The maximum absolute atomic E-state index is 9.92. The summed E-state index contributed by atoms with van der Waals surface area (Å²) in [4.78, 5) is 23.1. The number of benzene rings is 2. The van der Waals surface area contributed by atoms with E-state index in [9.17, 15) is 5.26 Å². The highest BCUT2D eigenvalue weighted by atomic mass is 16.5. The van der Waals surface area contributed by atoms with E-state index in [1.165, 1.54) is 12.0 Å². The zero-order valence-electron chi connectivity index (χ0n) is 22.4. The highest BCUT2D eigenvalue weighted by Crippen LogP contribution is 2.35. The summed E-state index contributed by atoms with van der Waals surface area (Å²) >= 11 is 0. The molecule has 1 N–H and O–H groups in total. The van der Waals surface area contributed by atoms with Crippen LogP contribution in [0.4, 0.5) is 17.3 Å². The Labute approximate surface area is 233 Å². The van der Waals surface area contributed by atoms with Crippen LogP contribution in [0.1, 0.15) is 36.8 Å². The Hall–Kier alpha value is -4.07. The predicted molar refractivity (Wildman–Crippen MR) is 152 cm³/mol. The van der Waals surface area contributed by atoms with Gasteiger partial charge in [0.1, 0.15) is 24.3 Å². The summed E-state index contributed by atoms with van der Waals surface area (Å²) in [6.07, 6.45) is 7.62. The van der Waals surface area contributed by atoms with Crippen LogP contribution >= 0.6 is 0 Å². The molecule has 1 saturated carbocycles. The Morgan fingerprint density at radius 1 is 0.975 bits per heavy atom. The lowest BCUT2D eigenvalue weighted by Gasteiger charge is -2.43. The molecule has 3 aliphatic heterocycles. The molecule has 204 valence electrons. The highest BCUT2D eigenvalue weighted by molar-refractivity contribution is 5.88. The summed E-state index contributed by atoms with van der Waals surface area (Å²) in [6, 6.07) is 15.2. The van der Waals surface area contributed by atoms with Crippen molar-refractivity contribution >= 4 is 23.5 Å². The molecule has 10 nitrogen and oxygen atoms in total. The fraction of sp³-hybridized carbons (Fsp3) is 0.433. The molecule has 2 saturated heterocycles. The zero-order valence-corrected chi connectivity index (χ0v) is 22.4. The Morgan fingerprint density at radius 2 is 1.80 bits per heavy atom. The zero-order chi connectivity index (χ0) is 26.9. The minimum atomic E-state index is 0.0237. The summed E-state index contributed by atoms with van der Waals surface area (Å²) in [6.45, 7) is 5.91. The number of ether oxygens (including phenoxy) is 2. The van der Waals surface area contributed by atoms with Crippen LogP contribution in [-0.4, -0.2) is 83.6 Å². The molecule has 0 amide bonds. The molecule has 7 rings (SSSR count). The second-order valence-corrected chi connectivity index (χ2v) is 10.9. The molecule has 0 radical (unpaired) electrons. The summed E-state index contributed by atoms with van der Waals surface area (Å²) < 4.78 is 11.7. The van der Waals surface area contributed by atoms with Gasteiger partial charge in [0, 0.05) is 54.9 Å². The Balaban J connectivity index is 1.06. The van der Waals surface area contributed by atoms with Crippen molar-refractivity contribution in [3.63, 3.8) is 0 Å². The van der Waals surface area contributed by atoms with E-state index in [0.717, 1.165) is 81.9 Å². The van der Waals surface area contributed by atoms with Crippen molar-refractivity contribution in [1.29, 1.82) is 5.26 Å². The third-order valence-electron chi connectivity index (χ3n) is 8.35. The molecule has 4 heterocycles. The second-order valence-electron chi connectivity index (χ2n) is 10.9. The number of rotatable bonds is 5. The first-order valence-corrected chi connectivity index (χ1v) is 14.1. The molecular weight excluding hydrogens is 504 g/mol. The van der Waals surface area contributed by atoms with Gasteiger partial charge in [0.25, 0.3) is 0 Å². The van der Waals surface area contributed by atoms with Crippen molar-refractivity contribution in [3.05, 3.63) is 53.9 Å². The number of hydrogen-bond acceptors (Lipinski definition) is 10. The average Bonchev–Trinajstić information content (AvgIpc) is 3.16. The molecular formula is C30H32N8O2. The average molecular weight is 537 g/mol. The normalized spacial score (nSPS) is 22.7. The maximum atomic E-state index is 9.92. The lowest BCUT2D eigenvalue weighted by Crippen LogP contribution is -2.56. The van der Waals surface area contributed by atoms with Crippen LogP contribution in [0.15, 0.2) is 47.7 Å². The maximum Gasteiger partial charge on any atom is 0.230 e. The molecule has 0 unspecified atom stereocenters. The number of anilines is 3. The molecule has 4 aliphatic rings. The Bertz CT molecular complexity index is 1440. The summed E-state index contributed by atoms with van der Waals surface area (Å²) in [7, 11) is 0. The topological polar surface area (TPSA) is 112 Å². The van der Waals surface area contributed by atoms with Gasteiger partial charge in [0.05, 0.1) is 30.9 Å². The molecule has 1 aliphatic carbocycles. The summed E-state index contributed by atoms with van der Waals surface area (Å²) in [5, 5.41) is 13.2. The van der Waals surface area contributed by atoms with Crippen LogP contribution < -0.4 is 15.0 Å². The summed E-state index contributed by atoms with van der Waals surface area (Å²) in [5.74, 6) is 1.53. The molecule has 3 aromatic rings. The van der Waals surface area contributed by atoms with E-state index in [0.29, 0.717) is 29.1 Å². The van der Waals surface area contributed by atoms with Gasteiger partial charge >= 0.3 is 0 Å². The fourth-order valence-electron chi connectivity index (χ4n) is 5.96. The fourth-order valence-corrected chi connectivity index (χ4v) is 5.96. The number of nitriles is 1. The SMILES string of the molecule is N#Cc1cc(-c2ncnc(Nc3ccc(N4CCN(C5COC5)CC4)cc3)n2)cc2c1O[C@H]1CCCC[C@H]1N=C2. The lowest BCUT2D eigenvalue weighted by molar-refractivity contribution is -0.0660. The standard InChI is InChI=1S/C30H32N8O2/c31-15-21-13-20(14-22-16-32-26-3-1-2-4-27(26)40-28(21)22)29-33-19-34-30(36-29)35-23-5-7-24(8-6-23)37-9-11-38(12-10-37)25-17-39-18-25/h5-8,13-14,16,19,25-27H,1-4,9-12,17-18H2,(H,33,34,35,36)/t26-,27+/m1/s1. The smallest absolute Gasteiger partial charge is 0.230 e. The van der Waals surface area contributed by atoms with Gasteiger partial charge in [-0.1, -0.05) is 6.42 Å². The van der Waals surface area contributed by atoms with Crippen LogP contribution in [0.2, 0.25) is 0 Å². The van der Waals surface area contributed by atoms with Crippen LogP contribution in [0.25, 0.3) is 11.4 Å². The number of hydrogen-bond donors (Lipinski definition) is 1. The highest BCUT2D eigenvalue weighted by Gasteiger charge is 2.31. The first-order chi connectivity index (χ1) is 19.7. The van der Waals surface area contributed by atoms with Crippen LogP contribution in [0.5, 0.6) is 5.75 Å². The third kappa shape index (κ3) is 4.98. The number of aromatic nitrogens is 3. The van der Waals surface area contributed by atoms with Gasteiger partial charge < -0.3 is 19.7 Å². The van der Waals surface area contributed by atoms with Gasteiger partial charge in [0.2, 0.25) is 5.95 Å². The number of nitrogens with one attached hydrogen (secondary N) is 1. The van der Waals surface area contributed by atoms with Gasteiger partial charge in [0.15, 0.2) is 5.82 Å². The Morgan fingerprint density at radius 3 is 2.58 bits per heavy atom. The van der Waals surface area contributed by atoms with E-state index in [4.69, 9.17) is 14.5 Å². The molecule has 3 fully saturated rings. The van der Waals surface area contributed by atoms with Crippen molar-refractivity contribution in [2.75, 3.05) is 49.6 Å². The minimum absolute atomic E-state index is 0.0237. The van der Waals surface area contributed by atoms with Crippen LogP contribution in [0, 0.1) is 11.3 Å². The first-order valence-electron chi connectivity index (χ1n) is 14.1. The monoisotopic (exact) mass is 536 g/mol. The molecule has 2 atom stereocenters. The number of piperazine rings is 1. The lowest BCUT2D eigenvalue weighted by atomic mass is 9.93. The van der Waals surface area contributed by atoms with Crippen molar-refractivity contribution in [2.24, 2.45) is 4.99 Å². The predicted octanol–water partition coefficient (Wildman–Crippen LogP) is 3.80. The van der Waals surface area contributed by atoms with E-state index >= 15 is 0 Å². The van der Waals surface area contributed by atoms with E-state index in [2.05, 4.69) is 48.3 Å². The van der Waals surface area contributed by atoms with Crippen molar-refractivity contribution in [2.45, 2.75) is 43.9 Å². The van der Waals surface area contributed by atoms with Crippen molar-refractivity contribution in [3.8, 4) is 23.2 Å². The second kappa shape index (κ2) is 10.8. The number of aliphatic imine (C=N–C) groups is 1. The van der Waals surface area contributed by atoms with Crippen LogP contribution in [0.3, 0.4) is 0 Å². The number of nitrogens with zero attached hydrogens (tertiary/aromatic N) is 7. The van der Waals surface area contributed by atoms with Crippen molar-refractivity contribution in [1.82, 2.24) is 19.9 Å². The molecule has 0 spiro atoms. The molecule has 10 heteroatoms. The molecule has 40 heavy (non-hydrogen) atoms. The largest absolute Gasteiger partial charge is 0.486 e. The summed E-state index contributed by atoms with van der Waals surface area (Å²) in [5.41, 5.74) is 4.09. The van der Waals surface area contributed by atoms with E-state index in [1.807, 2.05) is 24.4 Å². The van der Waals surface area contributed by atoms with Gasteiger partial charge in [-0.05, 0) is 55.7 Å². The Kier molecular flexibility index (Phi) is 6.75. The quantitative estimate of drug-likeness (QED) is 0.520. The van der Waals surface area contributed by atoms with Gasteiger partial charge in [-0.15, -0.1) is 0 Å². The van der Waals surface area contributed by atoms with Gasteiger partial charge in [-0.25, -0.2) is 9.97 Å². The molecule has 2 aromatic carbocycles. The van der Waals surface area contributed by atoms with Crippen LogP contribution in [-0.2, 0) is 4.74 Å². The van der Waals surface area contributed by atoms with Gasteiger partial charge in [-0.2, -0.15) is 10.2 Å². The van der Waals surface area contributed by atoms with Gasteiger partial charge in [-0.3, -0.25) is 9.89 Å². The third-order valence-corrected chi connectivity index (χ3v) is 8.35. The van der Waals surface area contributed by atoms with E-state index in [1.54, 1.807) is 6.07 Å². The molecule has 1 aromatic heterocycles. The number of fused-ring (bicyclic) bond motifs is 2. The first kappa shape index (κ1) is 24.9. The van der Waals surface area contributed by atoms with Crippen molar-refractivity contribution < 1.29 is 9.47 Å². The van der Waals surface area contributed by atoms with E-state index < -0.39 is 0 Å².